The number of hydrogen-bond donors (Lipinski definition) is 1. The maximum Gasteiger partial charge on any atom is 0.261 e. The summed E-state index contributed by atoms with van der Waals surface area (Å²) in [6.07, 6.45) is 4.00. The topological polar surface area (TPSA) is 57.2 Å². The van der Waals surface area contributed by atoms with Crippen LogP contribution >= 0.6 is 0 Å². The van der Waals surface area contributed by atoms with Crippen molar-refractivity contribution in [3.8, 4) is 0 Å². The van der Waals surface area contributed by atoms with Crippen molar-refractivity contribution in [2.24, 2.45) is 5.92 Å². The van der Waals surface area contributed by atoms with Crippen LogP contribution in [0.2, 0.25) is 23.2 Å². The Morgan fingerprint density at radius 2 is 1.33 bits per heavy atom. The second-order valence-corrected chi connectivity index (χ2v) is 24.2. The standard InChI is InChI=1S/C36H58O5Si2/c1-27(23-24-32(41-42(11,12)34(3,4)5)33-31(25-26-37)38-36(9,10)39-33)28(2)40-43(35(6,7)8,29-19-15-13-16-20-29)30-21-17-14-18-22-30/h13-24,27-28,31-33,37H,25-26H2,1-12H3/b24-23-/t27-,28+,31+,32?,33+/m1/s1. The maximum absolute atomic E-state index is 9.81. The molecule has 240 valence electrons. The van der Waals surface area contributed by atoms with E-state index in [0.717, 1.165) is 0 Å². The Hall–Kier alpha value is -1.59. The molecule has 1 N–H and O–H groups in total. The number of hydrogen-bond acceptors (Lipinski definition) is 5. The summed E-state index contributed by atoms with van der Waals surface area (Å²) in [6, 6.07) is 21.6. The van der Waals surface area contributed by atoms with Gasteiger partial charge in [0.15, 0.2) is 14.1 Å². The molecule has 0 aromatic heterocycles. The van der Waals surface area contributed by atoms with Crippen molar-refractivity contribution < 1.29 is 23.4 Å². The molecule has 1 fully saturated rings. The molecule has 0 bridgehead atoms. The molecule has 5 nitrogen and oxygen atoms in total. The highest BCUT2D eigenvalue weighted by molar-refractivity contribution is 6.99. The highest BCUT2D eigenvalue weighted by Gasteiger charge is 2.52. The predicted octanol–water partition coefficient (Wildman–Crippen LogP) is 7.44. The van der Waals surface area contributed by atoms with Gasteiger partial charge >= 0.3 is 0 Å². The van der Waals surface area contributed by atoms with Crippen molar-refractivity contribution in [2.75, 3.05) is 6.61 Å². The van der Waals surface area contributed by atoms with Gasteiger partial charge in [0.05, 0.1) is 12.2 Å². The summed E-state index contributed by atoms with van der Waals surface area (Å²) in [6.45, 7) is 26.6. The second-order valence-electron chi connectivity index (χ2n) is 15.2. The van der Waals surface area contributed by atoms with Crippen molar-refractivity contribution >= 4 is 27.0 Å². The van der Waals surface area contributed by atoms with Crippen LogP contribution in [0, 0.1) is 5.92 Å². The molecule has 7 heteroatoms. The summed E-state index contributed by atoms with van der Waals surface area (Å²) in [5.41, 5.74) is 0. The zero-order chi connectivity index (χ0) is 32.3. The van der Waals surface area contributed by atoms with Gasteiger partial charge in [0, 0.05) is 12.7 Å². The average Bonchev–Trinajstić information content (AvgIpc) is 3.22. The van der Waals surface area contributed by atoms with Crippen LogP contribution < -0.4 is 10.4 Å². The van der Waals surface area contributed by atoms with E-state index in [4.69, 9.17) is 18.3 Å². The Morgan fingerprint density at radius 3 is 1.77 bits per heavy atom. The molecule has 2 aromatic rings. The molecule has 1 aliphatic heterocycles. The Kier molecular flexibility index (Phi) is 11.5. The van der Waals surface area contributed by atoms with Gasteiger partial charge in [-0.15, -0.1) is 0 Å². The SMILES string of the molecule is C[C@H](/C=C\C(O[Si](C)(C)C(C)(C)C)[C@H]1OC(C)(C)O[C@H]1CCO)[C@H](C)O[Si](c1ccccc1)(c1ccccc1)C(C)(C)C. The van der Waals surface area contributed by atoms with Crippen molar-refractivity contribution in [1.82, 2.24) is 0 Å². The third-order valence-corrected chi connectivity index (χ3v) is 18.9. The molecule has 1 saturated heterocycles. The fraction of sp³-hybridized carbons (Fsp3) is 0.611. The minimum atomic E-state index is -2.69. The zero-order valence-electron chi connectivity index (χ0n) is 28.8. The quantitative estimate of drug-likeness (QED) is 0.196. The Balaban J connectivity index is 1.99. The van der Waals surface area contributed by atoms with E-state index in [1.807, 2.05) is 13.8 Å². The van der Waals surface area contributed by atoms with Crippen LogP contribution in [0.15, 0.2) is 72.8 Å². The fourth-order valence-corrected chi connectivity index (χ4v) is 11.8. The van der Waals surface area contributed by atoms with Crippen LogP contribution in [-0.4, -0.2) is 58.6 Å². The number of aliphatic hydroxyl groups excluding tert-OH is 1. The summed E-state index contributed by atoms with van der Waals surface area (Å²) >= 11 is 0. The van der Waals surface area contributed by atoms with E-state index in [1.54, 1.807) is 0 Å². The van der Waals surface area contributed by atoms with E-state index in [0.29, 0.717) is 6.42 Å². The van der Waals surface area contributed by atoms with Crippen LogP contribution in [-0.2, 0) is 18.3 Å². The third kappa shape index (κ3) is 8.37. The Bertz CT molecular complexity index is 1130. The second kappa shape index (κ2) is 13.8. The molecule has 1 heterocycles. The van der Waals surface area contributed by atoms with Gasteiger partial charge in [-0.1, -0.05) is 121 Å². The molecule has 0 saturated carbocycles. The molecule has 43 heavy (non-hydrogen) atoms. The lowest BCUT2D eigenvalue weighted by Crippen LogP contribution is -2.67. The van der Waals surface area contributed by atoms with Crippen LogP contribution in [0.25, 0.3) is 0 Å². The van der Waals surface area contributed by atoms with Gasteiger partial charge in [0.1, 0.15) is 6.10 Å². The van der Waals surface area contributed by atoms with Crippen molar-refractivity contribution in [1.29, 1.82) is 0 Å². The lowest BCUT2D eigenvalue weighted by Gasteiger charge is -2.45. The average molecular weight is 627 g/mol. The van der Waals surface area contributed by atoms with Crippen LogP contribution in [0.1, 0.15) is 75.7 Å². The summed E-state index contributed by atoms with van der Waals surface area (Å²) in [4.78, 5) is 0. The summed E-state index contributed by atoms with van der Waals surface area (Å²) < 4.78 is 27.1. The lowest BCUT2D eigenvalue weighted by molar-refractivity contribution is -0.152. The molecule has 0 amide bonds. The van der Waals surface area contributed by atoms with Crippen molar-refractivity contribution in [3.05, 3.63) is 72.8 Å². The van der Waals surface area contributed by atoms with E-state index < -0.39 is 22.4 Å². The Morgan fingerprint density at radius 1 is 0.814 bits per heavy atom. The van der Waals surface area contributed by atoms with Gasteiger partial charge in [0.25, 0.3) is 8.32 Å². The highest BCUT2D eigenvalue weighted by Crippen LogP contribution is 2.41. The van der Waals surface area contributed by atoms with Gasteiger partial charge < -0.3 is 23.4 Å². The number of rotatable bonds is 12. The van der Waals surface area contributed by atoms with Crippen LogP contribution in [0.5, 0.6) is 0 Å². The molecule has 3 rings (SSSR count). The fourth-order valence-electron chi connectivity index (χ4n) is 5.74. The number of aliphatic hydroxyl groups is 1. The molecule has 1 aliphatic rings. The van der Waals surface area contributed by atoms with Crippen LogP contribution in [0.4, 0.5) is 0 Å². The first-order valence-corrected chi connectivity index (χ1v) is 20.8. The normalized spacial score (nSPS) is 22.1. The minimum Gasteiger partial charge on any atom is -0.408 e. The molecule has 0 radical (unpaired) electrons. The monoisotopic (exact) mass is 626 g/mol. The predicted molar refractivity (Wildman–Crippen MR) is 184 cm³/mol. The van der Waals surface area contributed by atoms with Gasteiger partial charge in [-0.2, -0.15) is 0 Å². The number of benzene rings is 2. The van der Waals surface area contributed by atoms with E-state index in [9.17, 15) is 5.11 Å². The van der Waals surface area contributed by atoms with Crippen molar-refractivity contribution in [2.45, 2.75) is 129 Å². The molecule has 2 aromatic carbocycles. The van der Waals surface area contributed by atoms with Gasteiger partial charge in [-0.3, -0.25) is 0 Å². The van der Waals surface area contributed by atoms with Gasteiger partial charge in [0.2, 0.25) is 0 Å². The van der Waals surface area contributed by atoms with Crippen LogP contribution in [0.3, 0.4) is 0 Å². The van der Waals surface area contributed by atoms with E-state index >= 15 is 0 Å². The summed E-state index contributed by atoms with van der Waals surface area (Å²) in [5, 5.41) is 12.3. The maximum atomic E-state index is 9.81. The highest BCUT2D eigenvalue weighted by atomic mass is 28.4. The van der Waals surface area contributed by atoms with E-state index in [1.165, 1.54) is 10.4 Å². The first-order chi connectivity index (χ1) is 19.8. The number of ether oxygens (including phenoxy) is 2. The molecule has 5 atom stereocenters. The largest absolute Gasteiger partial charge is 0.408 e. The van der Waals surface area contributed by atoms with E-state index in [-0.39, 0.29) is 47.0 Å². The molecular weight excluding hydrogens is 569 g/mol. The first kappa shape index (κ1) is 35.9. The van der Waals surface area contributed by atoms with E-state index in [2.05, 4.69) is 141 Å². The molecular formula is C36H58O5Si2. The van der Waals surface area contributed by atoms with Crippen molar-refractivity contribution in [3.63, 3.8) is 0 Å². The molecule has 0 spiro atoms. The smallest absolute Gasteiger partial charge is 0.261 e. The summed E-state index contributed by atoms with van der Waals surface area (Å²) in [7, 11) is -4.85. The van der Waals surface area contributed by atoms with Gasteiger partial charge in [-0.25, -0.2) is 0 Å². The molecule has 1 unspecified atom stereocenters. The zero-order valence-corrected chi connectivity index (χ0v) is 30.8. The molecule has 0 aliphatic carbocycles. The third-order valence-electron chi connectivity index (χ3n) is 9.32. The van der Waals surface area contributed by atoms with Gasteiger partial charge in [-0.05, 0) is 66.7 Å². The minimum absolute atomic E-state index is 0.0336. The first-order valence-electron chi connectivity index (χ1n) is 16.0. The Labute approximate surface area is 264 Å². The summed E-state index contributed by atoms with van der Waals surface area (Å²) in [5.74, 6) is -0.627. The lowest BCUT2D eigenvalue weighted by atomic mass is 10.0.